The minimum atomic E-state index is 0.181. The van der Waals surface area contributed by atoms with Crippen molar-refractivity contribution in [2.45, 2.75) is 20.0 Å². The van der Waals surface area contributed by atoms with E-state index in [9.17, 15) is 0 Å². The van der Waals surface area contributed by atoms with Crippen LogP contribution in [0.3, 0.4) is 0 Å². The maximum absolute atomic E-state index is 5.93. The molecule has 0 unspecified atom stereocenters. The molecule has 0 radical (unpaired) electrons. The van der Waals surface area contributed by atoms with Gasteiger partial charge in [0.25, 0.3) is 0 Å². The van der Waals surface area contributed by atoms with Gasteiger partial charge in [0.1, 0.15) is 11.5 Å². The van der Waals surface area contributed by atoms with E-state index in [1.54, 1.807) is 0 Å². The smallest absolute Gasteiger partial charge is 0.324 e. The Balaban J connectivity index is 1.88. The van der Waals surface area contributed by atoms with Gasteiger partial charge in [-0.2, -0.15) is 0 Å². The van der Waals surface area contributed by atoms with E-state index in [1.165, 1.54) is 11.0 Å². The zero-order valence-electron chi connectivity index (χ0n) is 10.9. The Labute approximate surface area is 113 Å². The van der Waals surface area contributed by atoms with Gasteiger partial charge in [-0.25, -0.2) is 0 Å². The summed E-state index contributed by atoms with van der Waals surface area (Å²) >= 11 is 0. The summed E-state index contributed by atoms with van der Waals surface area (Å²) in [4.78, 5) is 0. The summed E-state index contributed by atoms with van der Waals surface area (Å²) in [5, 5.41) is 0. The average molecular weight is 253 g/mol. The molecule has 0 saturated heterocycles. The van der Waals surface area contributed by atoms with Crippen molar-refractivity contribution in [3.8, 4) is 11.5 Å². The van der Waals surface area contributed by atoms with Crippen molar-refractivity contribution in [3.63, 3.8) is 0 Å². The van der Waals surface area contributed by atoms with Crippen LogP contribution in [-0.2, 0) is 17.8 Å². The summed E-state index contributed by atoms with van der Waals surface area (Å²) in [7, 11) is 0. The molecule has 3 rings (SSSR count). The average Bonchev–Trinajstić information content (AvgIpc) is 2.81. The fourth-order valence-corrected chi connectivity index (χ4v) is 2.37. The van der Waals surface area contributed by atoms with E-state index < -0.39 is 0 Å². The standard InChI is InChI=1S/C15H16BNO2/c1-16-14-7-6-13(8-12(14)10-18-16)19-15-5-3-2-4-11(15)9-17/h2-8H,9-10,17H2,1H3. The zero-order chi connectivity index (χ0) is 13.2. The molecule has 96 valence electrons. The summed E-state index contributed by atoms with van der Waals surface area (Å²) in [6.45, 7) is 3.38. The van der Waals surface area contributed by atoms with Crippen molar-refractivity contribution in [1.29, 1.82) is 0 Å². The lowest BCUT2D eigenvalue weighted by atomic mass is 9.64. The number of nitrogens with two attached hydrogens (primary N) is 1. The second kappa shape index (κ2) is 5.07. The monoisotopic (exact) mass is 253 g/mol. The molecule has 4 heteroatoms. The van der Waals surface area contributed by atoms with Crippen LogP contribution in [-0.4, -0.2) is 6.92 Å². The van der Waals surface area contributed by atoms with Crippen LogP contribution in [0.4, 0.5) is 0 Å². The molecular weight excluding hydrogens is 237 g/mol. The minimum absolute atomic E-state index is 0.181. The van der Waals surface area contributed by atoms with Gasteiger partial charge in [0, 0.05) is 12.1 Å². The SMILES string of the molecule is CB1OCc2cc(Oc3ccccc3CN)ccc21. The maximum Gasteiger partial charge on any atom is 0.324 e. The van der Waals surface area contributed by atoms with E-state index in [1.807, 2.05) is 36.4 Å². The third-order valence-electron chi connectivity index (χ3n) is 3.46. The van der Waals surface area contributed by atoms with E-state index in [0.29, 0.717) is 13.2 Å². The Morgan fingerprint density at radius 1 is 1.26 bits per heavy atom. The Kier molecular flexibility index (Phi) is 3.28. The van der Waals surface area contributed by atoms with Crippen molar-refractivity contribution in [2.24, 2.45) is 5.73 Å². The summed E-state index contributed by atoms with van der Waals surface area (Å²) in [6, 6.07) is 13.9. The summed E-state index contributed by atoms with van der Waals surface area (Å²) in [6.07, 6.45) is 0. The first kappa shape index (κ1) is 12.3. The lowest BCUT2D eigenvalue weighted by molar-refractivity contribution is 0.333. The number of ether oxygens (including phenoxy) is 1. The molecule has 0 amide bonds. The molecule has 1 aliphatic rings. The van der Waals surface area contributed by atoms with E-state index in [-0.39, 0.29) is 6.92 Å². The second-order valence-corrected chi connectivity index (χ2v) is 4.73. The molecule has 0 atom stereocenters. The van der Waals surface area contributed by atoms with Gasteiger partial charge in [-0.3, -0.25) is 0 Å². The number of benzene rings is 2. The third-order valence-corrected chi connectivity index (χ3v) is 3.46. The van der Waals surface area contributed by atoms with Crippen molar-refractivity contribution >= 4 is 12.4 Å². The van der Waals surface area contributed by atoms with E-state index >= 15 is 0 Å². The van der Waals surface area contributed by atoms with E-state index in [2.05, 4.69) is 12.9 Å². The van der Waals surface area contributed by atoms with Crippen LogP contribution in [0.25, 0.3) is 0 Å². The van der Waals surface area contributed by atoms with Gasteiger partial charge in [0.2, 0.25) is 0 Å². The Morgan fingerprint density at radius 2 is 2.11 bits per heavy atom. The normalized spacial score (nSPS) is 13.5. The van der Waals surface area contributed by atoms with Crippen LogP contribution < -0.4 is 15.9 Å². The van der Waals surface area contributed by atoms with Crippen LogP contribution in [0, 0.1) is 0 Å². The topological polar surface area (TPSA) is 44.5 Å². The highest BCUT2D eigenvalue weighted by Gasteiger charge is 2.23. The second-order valence-electron chi connectivity index (χ2n) is 4.73. The van der Waals surface area contributed by atoms with Gasteiger partial charge >= 0.3 is 6.92 Å². The maximum atomic E-state index is 5.93. The highest BCUT2D eigenvalue weighted by Crippen LogP contribution is 2.26. The van der Waals surface area contributed by atoms with Crippen molar-refractivity contribution in [1.82, 2.24) is 0 Å². The molecule has 2 aromatic rings. The third kappa shape index (κ3) is 2.37. The largest absolute Gasteiger partial charge is 0.457 e. The quantitative estimate of drug-likeness (QED) is 0.853. The fraction of sp³-hybridized carbons (Fsp3) is 0.200. The molecule has 0 spiro atoms. The molecule has 0 saturated carbocycles. The number of para-hydroxylation sites is 1. The van der Waals surface area contributed by atoms with E-state index in [4.69, 9.17) is 15.1 Å². The fourth-order valence-electron chi connectivity index (χ4n) is 2.37. The molecule has 0 aromatic heterocycles. The molecule has 0 fully saturated rings. The predicted octanol–water partition coefficient (Wildman–Crippen LogP) is 2.30. The molecule has 19 heavy (non-hydrogen) atoms. The zero-order valence-corrected chi connectivity index (χ0v) is 10.9. The van der Waals surface area contributed by atoms with Crippen LogP contribution in [0.15, 0.2) is 42.5 Å². The highest BCUT2D eigenvalue weighted by molar-refractivity contribution is 6.67. The highest BCUT2D eigenvalue weighted by atomic mass is 16.5. The predicted molar refractivity (Wildman–Crippen MR) is 76.9 cm³/mol. The van der Waals surface area contributed by atoms with E-state index in [0.717, 1.165) is 17.1 Å². The molecule has 0 bridgehead atoms. The number of hydrogen-bond acceptors (Lipinski definition) is 3. The van der Waals surface area contributed by atoms with Crippen LogP contribution in [0.2, 0.25) is 6.82 Å². The van der Waals surface area contributed by atoms with Crippen molar-refractivity contribution < 1.29 is 9.39 Å². The molecule has 1 aliphatic heterocycles. The molecule has 0 aliphatic carbocycles. The Morgan fingerprint density at radius 3 is 2.95 bits per heavy atom. The molecular formula is C15H16BNO2. The lowest BCUT2D eigenvalue weighted by Gasteiger charge is -2.10. The lowest BCUT2D eigenvalue weighted by Crippen LogP contribution is -2.23. The van der Waals surface area contributed by atoms with Gasteiger partial charge in [-0.05, 0) is 29.2 Å². The summed E-state index contributed by atoms with van der Waals surface area (Å²) in [5.41, 5.74) is 9.17. The number of fused-ring (bicyclic) bond motifs is 1. The van der Waals surface area contributed by atoms with Crippen molar-refractivity contribution in [2.75, 3.05) is 0 Å². The molecule has 2 N–H and O–H groups in total. The minimum Gasteiger partial charge on any atom is -0.457 e. The van der Waals surface area contributed by atoms with Gasteiger partial charge in [-0.15, -0.1) is 0 Å². The van der Waals surface area contributed by atoms with Gasteiger partial charge in [0.05, 0.1) is 6.61 Å². The molecule has 1 heterocycles. The van der Waals surface area contributed by atoms with Gasteiger partial charge in [0.15, 0.2) is 0 Å². The summed E-state index contributed by atoms with van der Waals surface area (Å²) in [5.74, 6) is 1.65. The first-order valence-corrected chi connectivity index (χ1v) is 6.48. The number of rotatable bonds is 3. The first-order valence-electron chi connectivity index (χ1n) is 6.48. The van der Waals surface area contributed by atoms with Crippen LogP contribution >= 0.6 is 0 Å². The Hall–Kier alpha value is -1.78. The van der Waals surface area contributed by atoms with Crippen LogP contribution in [0.5, 0.6) is 11.5 Å². The van der Waals surface area contributed by atoms with Gasteiger partial charge < -0.3 is 15.1 Å². The Bertz CT molecular complexity index is 600. The summed E-state index contributed by atoms with van der Waals surface area (Å²) < 4.78 is 11.5. The first-order chi connectivity index (χ1) is 9.28. The molecule has 3 nitrogen and oxygen atoms in total. The van der Waals surface area contributed by atoms with Crippen LogP contribution in [0.1, 0.15) is 11.1 Å². The van der Waals surface area contributed by atoms with Crippen molar-refractivity contribution in [3.05, 3.63) is 53.6 Å². The number of hydrogen-bond donors (Lipinski definition) is 1. The molecule has 2 aromatic carbocycles. The van der Waals surface area contributed by atoms with Gasteiger partial charge in [-0.1, -0.05) is 31.1 Å².